The lowest BCUT2D eigenvalue weighted by Gasteiger charge is -2.16. The fourth-order valence-corrected chi connectivity index (χ4v) is 4.16. The van der Waals surface area contributed by atoms with Gasteiger partial charge in [-0.25, -0.2) is 0 Å². The lowest BCUT2D eigenvalue weighted by atomic mass is 9.88. The van der Waals surface area contributed by atoms with Crippen molar-refractivity contribution < 1.29 is 19.1 Å². The minimum Gasteiger partial charge on any atom is -0.496 e. The average molecular weight is 383 g/mol. The first-order chi connectivity index (χ1) is 12.5. The van der Waals surface area contributed by atoms with Crippen LogP contribution in [0.25, 0.3) is 0 Å². The molecule has 0 saturated heterocycles. The Bertz CT molecular complexity index is 1080. The van der Waals surface area contributed by atoms with E-state index in [0.29, 0.717) is 26.8 Å². The zero-order valence-electron chi connectivity index (χ0n) is 13.5. The highest BCUT2D eigenvalue weighted by Crippen LogP contribution is 2.37. The molecule has 1 aliphatic rings. The van der Waals surface area contributed by atoms with Gasteiger partial charge in [0.05, 0.1) is 22.4 Å². The van der Waals surface area contributed by atoms with Crippen LogP contribution in [-0.2, 0) is 0 Å². The first-order valence-electron chi connectivity index (χ1n) is 7.71. The van der Waals surface area contributed by atoms with Crippen molar-refractivity contribution in [2.75, 3.05) is 7.11 Å². The monoisotopic (exact) mass is 382 g/mol. The molecule has 4 rings (SSSR count). The van der Waals surface area contributed by atoms with Gasteiger partial charge in [0.2, 0.25) is 11.6 Å². The lowest BCUT2D eigenvalue weighted by Crippen LogP contribution is -2.19. The number of benzene rings is 2. The van der Waals surface area contributed by atoms with E-state index in [2.05, 4.69) is 0 Å². The number of fused-ring (bicyclic) bond motifs is 2. The van der Waals surface area contributed by atoms with Crippen molar-refractivity contribution >= 4 is 40.3 Å². The van der Waals surface area contributed by atoms with Gasteiger partial charge >= 0.3 is 0 Å². The maximum absolute atomic E-state index is 12.9. The zero-order chi connectivity index (χ0) is 18.4. The van der Waals surface area contributed by atoms with E-state index < -0.39 is 0 Å². The highest BCUT2D eigenvalue weighted by atomic mass is 35.5. The van der Waals surface area contributed by atoms with Gasteiger partial charge in [-0.2, -0.15) is 0 Å². The van der Waals surface area contributed by atoms with Crippen molar-refractivity contribution in [2.45, 2.75) is 0 Å². The van der Waals surface area contributed by atoms with Gasteiger partial charge in [-0.05, 0) is 36.4 Å². The molecular formula is C20H11ClO4S. The number of rotatable bonds is 3. The van der Waals surface area contributed by atoms with Crippen LogP contribution in [-0.4, -0.2) is 24.5 Å². The van der Waals surface area contributed by atoms with E-state index in [9.17, 15) is 14.4 Å². The molecule has 2 aromatic carbocycles. The summed E-state index contributed by atoms with van der Waals surface area (Å²) in [5.74, 6) is -0.477. The van der Waals surface area contributed by atoms with Gasteiger partial charge in [-0.3, -0.25) is 14.4 Å². The molecule has 0 bridgehead atoms. The number of hydrogen-bond donors (Lipinski definition) is 0. The van der Waals surface area contributed by atoms with Crippen LogP contribution in [0, 0.1) is 0 Å². The minimum atomic E-state index is -0.299. The number of carbonyl (C=O) groups is 3. The molecule has 4 nitrogen and oxygen atoms in total. The molecule has 0 aliphatic heterocycles. The summed E-state index contributed by atoms with van der Waals surface area (Å²) in [6.45, 7) is 0. The predicted octanol–water partition coefficient (Wildman–Crippen LogP) is 4.42. The molecule has 0 spiro atoms. The third-order valence-corrected chi connectivity index (χ3v) is 5.62. The number of carbonyl (C=O) groups excluding carboxylic acids is 3. The van der Waals surface area contributed by atoms with E-state index in [-0.39, 0.29) is 33.4 Å². The molecule has 0 saturated carbocycles. The van der Waals surface area contributed by atoms with Crippen LogP contribution in [0.4, 0.5) is 0 Å². The van der Waals surface area contributed by atoms with E-state index in [0.717, 1.165) is 11.3 Å². The summed E-state index contributed by atoms with van der Waals surface area (Å²) in [4.78, 5) is 39.0. The van der Waals surface area contributed by atoms with Crippen molar-refractivity contribution in [1.29, 1.82) is 0 Å². The Labute approximate surface area is 158 Å². The summed E-state index contributed by atoms with van der Waals surface area (Å²) in [6, 6.07) is 12.9. The van der Waals surface area contributed by atoms with Crippen LogP contribution < -0.4 is 4.74 Å². The van der Waals surface area contributed by atoms with Gasteiger partial charge in [0.1, 0.15) is 5.75 Å². The Morgan fingerprint density at radius 1 is 1.00 bits per heavy atom. The summed E-state index contributed by atoms with van der Waals surface area (Å²) in [6.07, 6.45) is 0. The summed E-state index contributed by atoms with van der Waals surface area (Å²) in [5, 5.41) is 0.528. The van der Waals surface area contributed by atoms with Gasteiger partial charge < -0.3 is 4.74 Å². The van der Waals surface area contributed by atoms with Crippen LogP contribution >= 0.6 is 22.9 Å². The van der Waals surface area contributed by atoms with Gasteiger partial charge in [-0.15, -0.1) is 11.3 Å². The quantitative estimate of drug-likeness (QED) is 0.492. The highest BCUT2D eigenvalue weighted by molar-refractivity contribution is 7.17. The molecule has 0 amide bonds. The van der Waals surface area contributed by atoms with E-state index >= 15 is 0 Å². The predicted molar refractivity (Wildman–Crippen MR) is 99.1 cm³/mol. The third-order valence-electron chi connectivity index (χ3n) is 4.23. The second-order valence-corrected chi connectivity index (χ2v) is 7.22. The first-order valence-corrected chi connectivity index (χ1v) is 8.91. The largest absolute Gasteiger partial charge is 0.496 e. The zero-order valence-corrected chi connectivity index (χ0v) is 15.1. The molecule has 0 fully saturated rings. The molecule has 26 heavy (non-hydrogen) atoms. The number of thiophene rings is 1. The van der Waals surface area contributed by atoms with E-state index in [4.69, 9.17) is 16.3 Å². The average Bonchev–Trinajstić information content (AvgIpc) is 3.11. The molecule has 0 unspecified atom stereocenters. The van der Waals surface area contributed by atoms with Crippen molar-refractivity contribution in [3.63, 3.8) is 0 Å². The Hall–Kier alpha value is -2.76. The smallest absolute Gasteiger partial charge is 0.208 e. The molecule has 1 heterocycles. The molecule has 1 aliphatic carbocycles. The van der Waals surface area contributed by atoms with Crippen molar-refractivity contribution in [3.8, 4) is 5.75 Å². The molecule has 0 atom stereocenters. The molecule has 3 aromatic rings. The number of halogens is 1. The lowest BCUT2D eigenvalue weighted by molar-refractivity contribution is 0.0980. The molecular weight excluding hydrogens is 372 g/mol. The third kappa shape index (κ3) is 2.48. The Morgan fingerprint density at radius 3 is 2.42 bits per heavy atom. The van der Waals surface area contributed by atoms with Crippen LogP contribution in [0.2, 0.25) is 5.02 Å². The number of ether oxygens (including phenoxy) is 1. The van der Waals surface area contributed by atoms with Gasteiger partial charge in [0.15, 0.2) is 5.78 Å². The highest BCUT2D eigenvalue weighted by Gasteiger charge is 2.35. The summed E-state index contributed by atoms with van der Waals surface area (Å²) >= 11 is 6.88. The number of hydrogen-bond acceptors (Lipinski definition) is 5. The van der Waals surface area contributed by atoms with E-state index in [1.54, 1.807) is 42.5 Å². The number of methoxy groups -OCH3 is 1. The summed E-state index contributed by atoms with van der Waals surface area (Å²) in [5.41, 5.74) is 1.26. The maximum atomic E-state index is 12.9. The van der Waals surface area contributed by atoms with E-state index in [1.165, 1.54) is 13.2 Å². The molecule has 0 radical (unpaired) electrons. The van der Waals surface area contributed by atoms with Crippen molar-refractivity contribution in [1.82, 2.24) is 0 Å². The molecule has 6 heteroatoms. The fraction of sp³-hybridized carbons (Fsp3) is 0.0500. The second-order valence-electron chi connectivity index (χ2n) is 5.73. The summed E-state index contributed by atoms with van der Waals surface area (Å²) < 4.78 is 5.23. The Morgan fingerprint density at radius 2 is 1.73 bits per heavy atom. The van der Waals surface area contributed by atoms with Crippen LogP contribution in [0.1, 0.15) is 46.4 Å². The number of ketones is 3. The van der Waals surface area contributed by atoms with Gasteiger partial charge in [0, 0.05) is 21.7 Å². The Kier molecular flexibility index (Phi) is 3.98. The molecule has 0 N–H and O–H groups in total. The standard InChI is InChI=1S/C20H11ClO4S/c1-25-14-4-2-3-12-16(14)19(24)20-13(18(12)23)9-15(26-20)17(22)10-5-7-11(21)8-6-10/h2-9H,1H3. The van der Waals surface area contributed by atoms with Crippen molar-refractivity contribution in [3.05, 3.63) is 85.6 Å². The van der Waals surface area contributed by atoms with E-state index in [1.807, 2.05) is 0 Å². The van der Waals surface area contributed by atoms with Gasteiger partial charge in [0.25, 0.3) is 0 Å². The topological polar surface area (TPSA) is 60.4 Å². The molecule has 128 valence electrons. The Balaban J connectivity index is 1.82. The maximum Gasteiger partial charge on any atom is 0.208 e. The first kappa shape index (κ1) is 16.7. The minimum absolute atomic E-state index is 0.250. The molecule has 1 aromatic heterocycles. The second kappa shape index (κ2) is 6.20. The van der Waals surface area contributed by atoms with Crippen LogP contribution in [0.15, 0.2) is 48.5 Å². The SMILES string of the molecule is COc1cccc2c1C(=O)c1sc(C(=O)c3ccc(Cl)cc3)cc1C2=O. The van der Waals surface area contributed by atoms with Gasteiger partial charge in [-0.1, -0.05) is 23.7 Å². The van der Waals surface area contributed by atoms with Crippen LogP contribution in [0.5, 0.6) is 5.75 Å². The normalized spacial score (nSPS) is 12.5. The summed E-state index contributed by atoms with van der Waals surface area (Å²) in [7, 11) is 1.45. The van der Waals surface area contributed by atoms with Crippen LogP contribution in [0.3, 0.4) is 0 Å². The fourth-order valence-electron chi connectivity index (χ4n) is 2.97. The van der Waals surface area contributed by atoms with Crippen molar-refractivity contribution in [2.24, 2.45) is 0 Å².